The summed E-state index contributed by atoms with van der Waals surface area (Å²) in [6, 6.07) is 12.9. The van der Waals surface area contributed by atoms with Crippen LogP contribution in [-0.2, 0) is 9.59 Å². The van der Waals surface area contributed by atoms with Crippen molar-refractivity contribution >= 4 is 40.1 Å². The first-order valence-electron chi connectivity index (χ1n) is 9.58. The monoisotopic (exact) mass is 440 g/mol. The van der Waals surface area contributed by atoms with Crippen molar-refractivity contribution < 1.29 is 19.1 Å². The van der Waals surface area contributed by atoms with Crippen LogP contribution in [0.1, 0.15) is 24.5 Å². The number of methoxy groups -OCH3 is 2. The molecule has 3 rings (SSSR count). The Morgan fingerprint density at radius 3 is 2.52 bits per heavy atom. The largest absolute Gasteiger partial charge is 0.493 e. The van der Waals surface area contributed by atoms with Gasteiger partial charge in [0.2, 0.25) is 11.8 Å². The lowest BCUT2D eigenvalue weighted by atomic mass is 10.1. The zero-order chi connectivity index (χ0) is 22.4. The van der Waals surface area contributed by atoms with Crippen LogP contribution >= 0.6 is 11.8 Å². The molecule has 8 nitrogen and oxygen atoms in total. The molecule has 1 heterocycles. The molecule has 0 aliphatic carbocycles. The maximum Gasteiger partial charge on any atom is 0.240 e. The zero-order valence-corrected chi connectivity index (χ0v) is 18.6. The van der Waals surface area contributed by atoms with E-state index in [0.29, 0.717) is 28.1 Å². The van der Waals surface area contributed by atoms with Crippen LogP contribution < -0.4 is 20.1 Å². The van der Waals surface area contributed by atoms with Crippen molar-refractivity contribution in [3.63, 3.8) is 0 Å². The van der Waals surface area contributed by atoms with Crippen molar-refractivity contribution in [1.82, 2.24) is 5.32 Å². The number of carbonyl (C=O) groups excluding carboxylic acids is 2. The van der Waals surface area contributed by atoms with Gasteiger partial charge in [-0.15, -0.1) is 5.10 Å². The topological polar surface area (TPSA) is 101 Å². The van der Waals surface area contributed by atoms with Crippen molar-refractivity contribution in [3.8, 4) is 11.5 Å². The number of ether oxygens (including phenoxy) is 2. The molecule has 1 saturated heterocycles. The van der Waals surface area contributed by atoms with Gasteiger partial charge in [0.15, 0.2) is 16.7 Å². The molecule has 31 heavy (non-hydrogen) atoms. The van der Waals surface area contributed by atoms with Gasteiger partial charge >= 0.3 is 0 Å². The Bertz CT molecular complexity index is 1030. The molecule has 1 fully saturated rings. The van der Waals surface area contributed by atoms with Crippen molar-refractivity contribution in [3.05, 3.63) is 53.6 Å². The normalized spacial score (nSPS) is 17.4. The molecule has 0 radical (unpaired) electrons. The quantitative estimate of drug-likeness (QED) is 0.508. The highest BCUT2D eigenvalue weighted by Gasteiger charge is 2.32. The highest BCUT2D eigenvalue weighted by molar-refractivity contribution is 8.15. The smallest absolute Gasteiger partial charge is 0.240 e. The minimum Gasteiger partial charge on any atom is -0.493 e. The molecule has 2 amide bonds. The molecule has 1 atom stereocenters. The predicted molar refractivity (Wildman–Crippen MR) is 123 cm³/mol. The number of anilines is 1. The zero-order valence-electron chi connectivity index (χ0n) is 17.8. The van der Waals surface area contributed by atoms with Crippen molar-refractivity contribution in [2.45, 2.75) is 25.5 Å². The molecular weight excluding hydrogens is 416 g/mol. The second-order valence-electron chi connectivity index (χ2n) is 6.87. The second kappa shape index (κ2) is 10.1. The number of amidine groups is 1. The van der Waals surface area contributed by atoms with Crippen LogP contribution in [0.15, 0.2) is 52.7 Å². The summed E-state index contributed by atoms with van der Waals surface area (Å²) in [4.78, 5) is 24.5. The Morgan fingerprint density at radius 1 is 1.13 bits per heavy atom. The molecule has 9 heteroatoms. The summed E-state index contributed by atoms with van der Waals surface area (Å²) < 4.78 is 10.5. The van der Waals surface area contributed by atoms with E-state index in [1.165, 1.54) is 11.8 Å². The predicted octanol–water partition coefficient (Wildman–Crippen LogP) is 3.35. The van der Waals surface area contributed by atoms with Crippen LogP contribution in [0, 0.1) is 6.92 Å². The number of hydrogen-bond donors (Lipinski definition) is 2. The average Bonchev–Trinajstić information content (AvgIpc) is 3.12. The highest BCUT2D eigenvalue weighted by atomic mass is 32.2. The number of rotatable bonds is 7. The van der Waals surface area contributed by atoms with E-state index in [9.17, 15) is 9.59 Å². The SMILES string of the molecule is COc1ccc(/C(C)=N\N=C2/NC(=O)[C@@H](CC(=O)Nc3ccc(C)cc3)S2)cc1OC. The van der Waals surface area contributed by atoms with E-state index in [4.69, 9.17) is 9.47 Å². The highest BCUT2D eigenvalue weighted by Crippen LogP contribution is 2.28. The van der Waals surface area contributed by atoms with E-state index in [1.807, 2.05) is 37.3 Å². The molecule has 0 unspecified atom stereocenters. The maximum absolute atomic E-state index is 12.3. The van der Waals surface area contributed by atoms with E-state index in [0.717, 1.165) is 11.1 Å². The molecule has 0 saturated carbocycles. The van der Waals surface area contributed by atoms with Gasteiger partial charge in [0, 0.05) is 17.7 Å². The molecule has 2 aromatic carbocycles. The number of benzene rings is 2. The van der Waals surface area contributed by atoms with Crippen molar-refractivity contribution in [2.75, 3.05) is 19.5 Å². The van der Waals surface area contributed by atoms with Gasteiger partial charge in [-0.25, -0.2) is 0 Å². The van der Waals surface area contributed by atoms with Gasteiger partial charge in [0.25, 0.3) is 0 Å². The van der Waals surface area contributed by atoms with Gasteiger partial charge in [0.1, 0.15) is 5.25 Å². The third-order valence-electron chi connectivity index (χ3n) is 4.57. The minimum atomic E-state index is -0.555. The lowest BCUT2D eigenvalue weighted by Crippen LogP contribution is -2.28. The van der Waals surface area contributed by atoms with Gasteiger partial charge in [-0.1, -0.05) is 29.5 Å². The fraction of sp³-hybridized carbons (Fsp3) is 0.273. The number of hydrogen-bond acceptors (Lipinski definition) is 7. The Kier molecular flexibility index (Phi) is 7.30. The van der Waals surface area contributed by atoms with Crippen LogP contribution in [0.2, 0.25) is 0 Å². The van der Waals surface area contributed by atoms with Crippen LogP contribution in [-0.4, -0.2) is 42.2 Å². The molecule has 2 N–H and O–H groups in total. The summed E-state index contributed by atoms with van der Waals surface area (Å²) >= 11 is 1.19. The third-order valence-corrected chi connectivity index (χ3v) is 5.65. The van der Waals surface area contributed by atoms with Gasteiger partial charge in [-0.3, -0.25) is 9.59 Å². The lowest BCUT2D eigenvalue weighted by Gasteiger charge is -2.08. The molecular formula is C22H24N4O4S. The number of nitrogens with one attached hydrogen (secondary N) is 2. The minimum absolute atomic E-state index is 0.0434. The fourth-order valence-corrected chi connectivity index (χ4v) is 3.76. The van der Waals surface area contributed by atoms with E-state index >= 15 is 0 Å². The summed E-state index contributed by atoms with van der Waals surface area (Å²) in [7, 11) is 3.13. The number of thioether (sulfide) groups is 1. The van der Waals surface area contributed by atoms with E-state index in [1.54, 1.807) is 33.3 Å². The number of carbonyl (C=O) groups is 2. The molecule has 2 aromatic rings. The first-order chi connectivity index (χ1) is 14.9. The number of aryl methyl sites for hydroxylation is 1. The van der Waals surface area contributed by atoms with Crippen LogP contribution in [0.3, 0.4) is 0 Å². The Hall–Kier alpha value is -3.33. The van der Waals surface area contributed by atoms with Gasteiger partial charge in [-0.2, -0.15) is 5.10 Å². The van der Waals surface area contributed by atoms with E-state index in [2.05, 4.69) is 20.8 Å². The molecule has 0 aromatic heterocycles. The molecule has 1 aliphatic rings. The Morgan fingerprint density at radius 2 is 1.84 bits per heavy atom. The summed E-state index contributed by atoms with van der Waals surface area (Å²) in [6.45, 7) is 3.78. The summed E-state index contributed by atoms with van der Waals surface area (Å²) in [5.74, 6) is 0.714. The lowest BCUT2D eigenvalue weighted by molar-refractivity contribution is -0.122. The summed E-state index contributed by atoms with van der Waals surface area (Å²) in [5, 5.41) is 13.6. The maximum atomic E-state index is 12.3. The first-order valence-corrected chi connectivity index (χ1v) is 10.5. The standard InChI is InChI=1S/C22H24N4O4S/c1-13-5-8-16(9-6-13)23-20(27)12-19-21(28)24-22(31-19)26-25-14(2)15-7-10-17(29-3)18(11-15)30-4/h5-11,19H,12H2,1-4H3,(H,23,27)(H,24,26,28)/b25-14-/t19-/m1/s1. The van der Waals surface area contributed by atoms with Crippen LogP contribution in [0.4, 0.5) is 5.69 Å². The van der Waals surface area contributed by atoms with Crippen LogP contribution in [0.5, 0.6) is 11.5 Å². The first kappa shape index (κ1) is 22.4. The molecule has 162 valence electrons. The van der Waals surface area contributed by atoms with Gasteiger partial charge in [0.05, 0.1) is 19.9 Å². The van der Waals surface area contributed by atoms with Gasteiger partial charge in [-0.05, 0) is 44.2 Å². The van der Waals surface area contributed by atoms with Crippen LogP contribution in [0.25, 0.3) is 0 Å². The fourth-order valence-electron chi connectivity index (χ4n) is 2.84. The number of amides is 2. The Labute approximate surface area is 185 Å². The van der Waals surface area contributed by atoms with Gasteiger partial charge < -0.3 is 20.1 Å². The molecule has 0 spiro atoms. The van der Waals surface area contributed by atoms with Crippen molar-refractivity contribution in [2.24, 2.45) is 10.2 Å². The third kappa shape index (κ3) is 5.85. The average molecular weight is 441 g/mol. The van der Waals surface area contributed by atoms with E-state index < -0.39 is 5.25 Å². The Balaban J connectivity index is 1.62. The van der Waals surface area contributed by atoms with Crippen molar-refractivity contribution in [1.29, 1.82) is 0 Å². The second-order valence-corrected chi connectivity index (χ2v) is 8.07. The molecule has 0 bridgehead atoms. The summed E-state index contributed by atoms with van der Waals surface area (Å²) in [5.41, 5.74) is 3.26. The summed E-state index contributed by atoms with van der Waals surface area (Å²) in [6.07, 6.45) is 0.0434. The van der Waals surface area contributed by atoms with E-state index in [-0.39, 0.29) is 18.2 Å². The number of nitrogens with zero attached hydrogens (tertiary/aromatic N) is 2. The molecule has 1 aliphatic heterocycles.